The van der Waals surface area contributed by atoms with E-state index in [0.717, 1.165) is 19.2 Å². The Balaban J connectivity index is 2.95. The third kappa shape index (κ3) is 2.48. The molecule has 0 fully saturated rings. The van der Waals surface area contributed by atoms with Gasteiger partial charge in [-0.05, 0) is 18.6 Å². The number of hydrogen-bond acceptors (Lipinski definition) is 7. The fraction of sp³-hybridized carbons (Fsp3) is 0.167. The van der Waals surface area contributed by atoms with Gasteiger partial charge in [0.25, 0.3) is 10.1 Å². The molecule has 0 aliphatic carbocycles. The van der Waals surface area contributed by atoms with Gasteiger partial charge in [-0.3, -0.25) is 4.55 Å². The minimum Gasteiger partial charge on any atom is -0.465 e. The maximum Gasteiger partial charge on any atom is 0.351 e. The molecule has 21 heavy (non-hydrogen) atoms. The van der Waals surface area contributed by atoms with Gasteiger partial charge in [0, 0.05) is 11.5 Å². The molecule has 8 nitrogen and oxygen atoms in total. The number of nitrogens with two attached hydrogens (primary N) is 1. The van der Waals surface area contributed by atoms with Crippen LogP contribution in [0.2, 0.25) is 0 Å². The summed E-state index contributed by atoms with van der Waals surface area (Å²) in [7, 11) is -3.46. The normalized spacial score (nSPS) is 11.6. The molecular weight excluding hydrogens is 302 g/mol. The van der Waals surface area contributed by atoms with Crippen LogP contribution in [0.4, 0.5) is 5.69 Å². The Morgan fingerprint density at radius 2 is 2.00 bits per heavy atom. The second-order valence-corrected chi connectivity index (χ2v) is 5.63. The topological polar surface area (TPSA) is 137 Å². The van der Waals surface area contributed by atoms with Crippen molar-refractivity contribution in [3.8, 4) is 0 Å². The molecule has 2 aromatic rings. The minimum atomic E-state index is -4.55. The van der Waals surface area contributed by atoms with Crippen molar-refractivity contribution in [3.63, 3.8) is 0 Å². The number of rotatable bonds is 2. The smallest absolute Gasteiger partial charge is 0.351 e. The molecular formula is C12H11NO7S. The number of ether oxygens (including phenoxy) is 1. The lowest BCUT2D eigenvalue weighted by atomic mass is 10.1. The fourth-order valence-electron chi connectivity index (χ4n) is 1.95. The van der Waals surface area contributed by atoms with Crippen LogP contribution in [0.1, 0.15) is 15.9 Å². The van der Waals surface area contributed by atoms with Gasteiger partial charge in [-0.25, -0.2) is 9.59 Å². The molecule has 0 aliphatic rings. The number of carbonyl (C=O) groups is 1. The van der Waals surface area contributed by atoms with Gasteiger partial charge in [0.05, 0.1) is 12.8 Å². The van der Waals surface area contributed by atoms with E-state index in [0.29, 0.717) is 0 Å². The zero-order chi connectivity index (χ0) is 15.9. The number of benzene rings is 1. The first-order valence-electron chi connectivity index (χ1n) is 5.59. The summed E-state index contributed by atoms with van der Waals surface area (Å²) in [5.41, 5.74) is 4.11. The van der Waals surface area contributed by atoms with E-state index in [-0.39, 0.29) is 27.8 Å². The molecule has 112 valence electrons. The predicted octanol–water partition coefficient (Wildman–Crippen LogP) is 0.717. The van der Waals surface area contributed by atoms with Crippen LogP contribution >= 0.6 is 0 Å². The molecule has 0 radical (unpaired) electrons. The van der Waals surface area contributed by atoms with Crippen molar-refractivity contribution in [1.82, 2.24) is 0 Å². The van der Waals surface area contributed by atoms with Gasteiger partial charge in [-0.1, -0.05) is 0 Å². The molecule has 0 spiro atoms. The molecule has 0 saturated heterocycles. The van der Waals surface area contributed by atoms with Crippen LogP contribution in [0.15, 0.2) is 26.2 Å². The van der Waals surface area contributed by atoms with Gasteiger partial charge < -0.3 is 14.9 Å². The zero-order valence-electron chi connectivity index (χ0n) is 11.0. The Labute approximate surface area is 118 Å². The average Bonchev–Trinajstić information content (AvgIpc) is 2.36. The predicted molar refractivity (Wildman–Crippen MR) is 72.8 cm³/mol. The van der Waals surface area contributed by atoms with Gasteiger partial charge in [0.2, 0.25) is 0 Å². The van der Waals surface area contributed by atoms with Crippen LogP contribution in [-0.4, -0.2) is 26.0 Å². The van der Waals surface area contributed by atoms with E-state index in [2.05, 4.69) is 4.74 Å². The molecule has 0 unspecified atom stereocenters. The van der Waals surface area contributed by atoms with Crippen molar-refractivity contribution in [1.29, 1.82) is 0 Å². The lowest BCUT2D eigenvalue weighted by Gasteiger charge is -2.09. The number of methoxy groups -OCH3 is 1. The molecule has 0 atom stereocenters. The van der Waals surface area contributed by atoms with E-state index in [4.69, 9.17) is 14.7 Å². The van der Waals surface area contributed by atoms with Crippen molar-refractivity contribution < 1.29 is 26.9 Å². The second-order valence-electron chi connectivity index (χ2n) is 4.24. The van der Waals surface area contributed by atoms with Crippen LogP contribution in [0.25, 0.3) is 11.0 Å². The molecule has 1 aromatic carbocycles. The first kappa shape index (κ1) is 15.0. The molecule has 3 N–H and O–H groups in total. The summed E-state index contributed by atoms with van der Waals surface area (Å²) in [5.74, 6) is -0.909. The largest absolute Gasteiger partial charge is 0.465 e. The van der Waals surface area contributed by atoms with Crippen LogP contribution in [0, 0.1) is 6.92 Å². The summed E-state index contributed by atoms with van der Waals surface area (Å²) in [6.45, 7) is 1.43. The highest BCUT2D eigenvalue weighted by molar-refractivity contribution is 7.86. The maximum absolute atomic E-state index is 11.8. The summed E-state index contributed by atoms with van der Waals surface area (Å²) in [4.78, 5) is 22.8. The highest BCUT2D eigenvalue weighted by atomic mass is 32.2. The van der Waals surface area contributed by atoms with E-state index < -0.39 is 26.6 Å². The summed E-state index contributed by atoms with van der Waals surface area (Å²) < 4.78 is 41.0. The van der Waals surface area contributed by atoms with Gasteiger partial charge >= 0.3 is 11.6 Å². The SMILES string of the molecule is COC(=O)c1c(C)c2cc(S(=O)(=O)O)c(N)cc2oc1=O. The summed E-state index contributed by atoms with van der Waals surface area (Å²) in [6, 6.07) is 2.12. The number of fused-ring (bicyclic) bond motifs is 1. The standard InChI is InChI=1S/C12H11NO7S/c1-5-6-3-9(21(16,17)18)7(13)4-8(6)20-12(15)10(5)11(14)19-2/h3-4H,13H2,1-2H3,(H,16,17,18). The van der Waals surface area contributed by atoms with Crippen molar-refractivity contribution in [3.05, 3.63) is 33.7 Å². The first-order valence-corrected chi connectivity index (χ1v) is 7.03. The number of esters is 1. The fourth-order valence-corrected chi connectivity index (χ4v) is 2.58. The molecule has 2 rings (SSSR count). The molecule has 0 bridgehead atoms. The number of aryl methyl sites for hydroxylation is 1. The Hall–Kier alpha value is -2.39. The molecule has 0 amide bonds. The van der Waals surface area contributed by atoms with Crippen LogP contribution in [0.5, 0.6) is 0 Å². The second kappa shape index (κ2) is 4.86. The van der Waals surface area contributed by atoms with Crippen molar-refractivity contribution in [2.45, 2.75) is 11.8 Å². The van der Waals surface area contributed by atoms with Crippen molar-refractivity contribution >= 4 is 32.7 Å². The van der Waals surface area contributed by atoms with Gasteiger partial charge in [-0.15, -0.1) is 0 Å². The third-order valence-corrected chi connectivity index (χ3v) is 3.87. The van der Waals surface area contributed by atoms with E-state index in [1.165, 1.54) is 6.92 Å². The van der Waals surface area contributed by atoms with E-state index in [1.54, 1.807) is 0 Å². The lowest BCUT2D eigenvalue weighted by molar-refractivity contribution is 0.0595. The molecule has 9 heteroatoms. The van der Waals surface area contributed by atoms with Crippen LogP contribution < -0.4 is 11.4 Å². The summed E-state index contributed by atoms with van der Waals surface area (Å²) in [6.07, 6.45) is 0. The highest BCUT2D eigenvalue weighted by Crippen LogP contribution is 2.28. The maximum atomic E-state index is 11.8. The lowest BCUT2D eigenvalue weighted by Crippen LogP contribution is -2.18. The minimum absolute atomic E-state index is 0.00458. The van der Waals surface area contributed by atoms with Gasteiger partial charge in [0.15, 0.2) is 0 Å². The van der Waals surface area contributed by atoms with E-state index >= 15 is 0 Å². The van der Waals surface area contributed by atoms with Crippen molar-refractivity contribution in [2.75, 3.05) is 12.8 Å². The Bertz CT molecular complexity index is 911. The molecule has 1 heterocycles. The Kier molecular flexibility index (Phi) is 3.47. The average molecular weight is 313 g/mol. The number of hydrogen-bond donors (Lipinski definition) is 2. The highest BCUT2D eigenvalue weighted by Gasteiger charge is 2.22. The number of anilines is 1. The van der Waals surface area contributed by atoms with E-state index in [9.17, 15) is 18.0 Å². The van der Waals surface area contributed by atoms with Crippen LogP contribution in [0.3, 0.4) is 0 Å². The Morgan fingerprint density at radius 3 is 2.52 bits per heavy atom. The van der Waals surface area contributed by atoms with Gasteiger partial charge in [-0.2, -0.15) is 8.42 Å². The van der Waals surface area contributed by atoms with Crippen molar-refractivity contribution in [2.24, 2.45) is 0 Å². The van der Waals surface area contributed by atoms with Gasteiger partial charge in [0.1, 0.15) is 16.0 Å². The number of nitrogen functional groups attached to an aromatic ring is 1. The van der Waals surface area contributed by atoms with E-state index in [1.807, 2.05) is 0 Å². The molecule has 1 aromatic heterocycles. The molecule has 0 aliphatic heterocycles. The summed E-state index contributed by atoms with van der Waals surface area (Å²) >= 11 is 0. The molecule has 0 saturated carbocycles. The Morgan fingerprint density at radius 1 is 1.38 bits per heavy atom. The summed E-state index contributed by atoms with van der Waals surface area (Å²) in [5, 5.41) is 0.150. The monoisotopic (exact) mass is 313 g/mol. The van der Waals surface area contributed by atoms with Crippen LogP contribution in [-0.2, 0) is 14.9 Å². The number of carbonyl (C=O) groups excluding carboxylic acids is 1. The third-order valence-electron chi connectivity index (χ3n) is 2.97. The zero-order valence-corrected chi connectivity index (χ0v) is 11.9. The first-order chi connectivity index (χ1) is 9.66. The quantitative estimate of drug-likeness (QED) is 0.358.